The molecule has 2 amide bonds. The molecule has 0 aliphatic carbocycles. The van der Waals surface area contributed by atoms with E-state index in [1.165, 1.54) is 0 Å². The number of carbonyl (C=O) groups excluding carboxylic acids is 2. The highest BCUT2D eigenvalue weighted by molar-refractivity contribution is 9.10. The predicted molar refractivity (Wildman–Crippen MR) is 137 cm³/mol. The molecule has 1 N–H and O–H groups in total. The SMILES string of the molecule is CCCCNC(=O)C(Cc1ccccc1)N(Cc1cccc(Br)c1)C(=O)Cc1ccccc1. The van der Waals surface area contributed by atoms with E-state index in [1.54, 1.807) is 4.90 Å². The smallest absolute Gasteiger partial charge is 0.243 e. The summed E-state index contributed by atoms with van der Waals surface area (Å²) in [5, 5.41) is 3.06. The molecule has 3 aromatic carbocycles. The number of nitrogens with zero attached hydrogens (tertiary/aromatic N) is 1. The first-order valence-corrected chi connectivity index (χ1v) is 12.3. The number of halogens is 1. The summed E-state index contributed by atoms with van der Waals surface area (Å²) in [5.74, 6) is -0.170. The van der Waals surface area contributed by atoms with Gasteiger partial charge in [-0.15, -0.1) is 0 Å². The fourth-order valence-corrected chi connectivity index (χ4v) is 4.21. The second-order valence-electron chi connectivity index (χ2n) is 8.16. The molecule has 5 heteroatoms. The summed E-state index contributed by atoms with van der Waals surface area (Å²) in [6, 6.07) is 26.9. The van der Waals surface area contributed by atoms with Gasteiger partial charge in [-0.1, -0.05) is 102 Å². The Morgan fingerprint density at radius 1 is 0.879 bits per heavy atom. The molecule has 0 saturated heterocycles. The zero-order valence-corrected chi connectivity index (χ0v) is 20.6. The van der Waals surface area contributed by atoms with Gasteiger partial charge < -0.3 is 10.2 Å². The molecule has 0 bridgehead atoms. The number of hydrogen-bond acceptors (Lipinski definition) is 2. The third-order valence-electron chi connectivity index (χ3n) is 5.54. The van der Waals surface area contributed by atoms with Crippen LogP contribution in [0, 0.1) is 0 Å². The van der Waals surface area contributed by atoms with Crippen LogP contribution in [0.25, 0.3) is 0 Å². The molecule has 0 heterocycles. The number of amides is 2. The standard InChI is InChI=1S/C28H31BrN2O2/c1-2-3-17-30-28(33)26(19-22-11-6-4-7-12-22)31(21-24-15-10-16-25(29)18-24)27(32)20-23-13-8-5-9-14-23/h4-16,18,26H,2-3,17,19-21H2,1H3,(H,30,33). The van der Waals surface area contributed by atoms with Crippen LogP contribution in [-0.2, 0) is 29.0 Å². The first-order valence-electron chi connectivity index (χ1n) is 11.5. The molecule has 1 atom stereocenters. The molecule has 0 spiro atoms. The van der Waals surface area contributed by atoms with E-state index in [0.717, 1.165) is 34.0 Å². The molecule has 0 saturated carbocycles. The molecule has 33 heavy (non-hydrogen) atoms. The van der Waals surface area contributed by atoms with Crippen molar-refractivity contribution in [2.24, 2.45) is 0 Å². The Kier molecular flexibility index (Phi) is 9.70. The second-order valence-corrected chi connectivity index (χ2v) is 9.08. The summed E-state index contributed by atoms with van der Waals surface area (Å²) in [5.41, 5.74) is 2.94. The fraction of sp³-hybridized carbons (Fsp3) is 0.286. The zero-order chi connectivity index (χ0) is 23.5. The van der Waals surface area contributed by atoms with E-state index < -0.39 is 6.04 Å². The van der Waals surface area contributed by atoms with Gasteiger partial charge in [0.05, 0.1) is 6.42 Å². The summed E-state index contributed by atoms with van der Waals surface area (Å²) in [6.45, 7) is 3.07. The third-order valence-corrected chi connectivity index (χ3v) is 6.03. The molecule has 0 fully saturated rings. The number of unbranched alkanes of at least 4 members (excludes halogenated alkanes) is 1. The van der Waals surface area contributed by atoms with Crippen LogP contribution in [-0.4, -0.2) is 29.3 Å². The largest absolute Gasteiger partial charge is 0.354 e. The van der Waals surface area contributed by atoms with Gasteiger partial charge in [-0.05, 0) is 35.2 Å². The van der Waals surface area contributed by atoms with Crippen LogP contribution < -0.4 is 5.32 Å². The molecule has 1 unspecified atom stereocenters. The zero-order valence-electron chi connectivity index (χ0n) is 19.0. The van der Waals surface area contributed by atoms with Gasteiger partial charge in [0, 0.05) is 24.0 Å². The fourth-order valence-electron chi connectivity index (χ4n) is 3.76. The average Bonchev–Trinajstić information content (AvgIpc) is 2.82. The Labute approximate surface area is 205 Å². The lowest BCUT2D eigenvalue weighted by atomic mass is 10.0. The summed E-state index contributed by atoms with van der Waals surface area (Å²) in [6.07, 6.45) is 2.63. The van der Waals surface area contributed by atoms with Crippen molar-refractivity contribution >= 4 is 27.7 Å². The second kappa shape index (κ2) is 12.9. The molecule has 0 aliphatic rings. The van der Waals surface area contributed by atoms with Gasteiger partial charge in [0.25, 0.3) is 0 Å². The molecule has 4 nitrogen and oxygen atoms in total. The van der Waals surface area contributed by atoms with Crippen molar-refractivity contribution in [3.63, 3.8) is 0 Å². The topological polar surface area (TPSA) is 49.4 Å². The molecule has 0 aromatic heterocycles. The molecular weight excluding hydrogens is 476 g/mol. The Morgan fingerprint density at radius 3 is 2.15 bits per heavy atom. The van der Waals surface area contributed by atoms with Crippen molar-refractivity contribution in [1.82, 2.24) is 10.2 Å². The van der Waals surface area contributed by atoms with Crippen LogP contribution >= 0.6 is 15.9 Å². The molecule has 172 valence electrons. The maximum atomic E-state index is 13.6. The predicted octanol–water partition coefficient (Wildman–Crippen LogP) is 5.55. The highest BCUT2D eigenvalue weighted by atomic mass is 79.9. The number of carbonyl (C=O) groups is 2. The van der Waals surface area contributed by atoms with Gasteiger partial charge in [0.2, 0.25) is 11.8 Å². The molecule has 0 radical (unpaired) electrons. The lowest BCUT2D eigenvalue weighted by Crippen LogP contribution is -2.51. The van der Waals surface area contributed by atoms with Crippen LogP contribution in [0.4, 0.5) is 0 Å². The Hall–Kier alpha value is -2.92. The third kappa shape index (κ3) is 7.86. The van der Waals surface area contributed by atoms with E-state index in [1.807, 2.05) is 84.9 Å². The van der Waals surface area contributed by atoms with E-state index in [4.69, 9.17) is 0 Å². The van der Waals surface area contributed by atoms with Crippen LogP contribution in [0.15, 0.2) is 89.4 Å². The maximum absolute atomic E-state index is 13.6. The first kappa shape index (κ1) is 24.7. The monoisotopic (exact) mass is 506 g/mol. The van der Waals surface area contributed by atoms with E-state index in [0.29, 0.717) is 19.5 Å². The molecular formula is C28H31BrN2O2. The summed E-state index contributed by atoms with van der Waals surface area (Å²) in [7, 11) is 0. The van der Waals surface area contributed by atoms with Gasteiger partial charge in [0.15, 0.2) is 0 Å². The van der Waals surface area contributed by atoms with Crippen LogP contribution in [0.5, 0.6) is 0 Å². The Bertz CT molecular complexity index is 1020. The molecule has 3 aromatic rings. The van der Waals surface area contributed by atoms with E-state index in [9.17, 15) is 9.59 Å². The van der Waals surface area contributed by atoms with Crippen molar-refractivity contribution in [3.8, 4) is 0 Å². The quantitative estimate of drug-likeness (QED) is 0.346. The van der Waals surface area contributed by atoms with Crippen LogP contribution in [0.2, 0.25) is 0 Å². The van der Waals surface area contributed by atoms with Gasteiger partial charge in [-0.2, -0.15) is 0 Å². The number of benzene rings is 3. The highest BCUT2D eigenvalue weighted by Gasteiger charge is 2.30. The minimum Gasteiger partial charge on any atom is -0.354 e. The van der Waals surface area contributed by atoms with Crippen LogP contribution in [0.3, 0.4) is 0 Å². The van der Waals surface area contributed by atoms with Crippen molar-refractivity contribution in [2.75, 3.05) is 6.54 Å². The summed E-state index contributed by atoms with van der Waals surface area (Å²) >= 11 is 3.52. The summed E-state index contributed by atoms with van der Waals surface area (Å²) in [4.78, 5) is 28.7. The number of nitrogens with one attached hydrogen (secondary N) is 1. The Morgan fingerprint density at radius 2 is 1.52 bits per heavy atom. The van der Waals surface area contributed by atoms with Crippen molar-refractivity contribution in [1.29, 1.82) is 0 Å². The number of rotatable bonds is 11. The first-order chi connectivity index (χ1) is 16.1. The van der Waals surface area contributed by atoms with Gasteiger partial charge in [-0.25, -0.2) is 0 Å². The van der Waals surface area contributed by atoms with Gasteiger partial charge in [-0.3, -0.25) is 9.59 Å². The van der Waals surface area contributed by atoms with E-state index >= 15 is 0 Å². The lowest BCUT2D eigenvalue weighted by molar-refractivity contribution is -0.140. The average molecular weight is 507 g/mol. The lowest BCUT2D eigenvalue weighted by Gasteiger charge is -2.32. The molecule has 0 aliphatic heterocycles. The van der Waals surface area contributed by atoms with E-state index in [2.05, 4.69) is 28.2 Å². The normalized spacial score (nSPS) is 11.6. The van der Waals surface area contributed by atoms with Gasteiger partial charge >= 0.3 is 0 Å². The minimum absolute atomic E-state index is 0.0623. The minimum atomic E-state index is -0.598. The summed E-state index contributed by atoms with van der Waals surface area (Å²) < 4.78 is 0.947. The van der Waals surface area contributed by atoms with Crippen LogP contribution in [0.1, 0.15) is 36.5 Å². The van der Waals surface area contributed by atoms with Crippen molar-refractivity contribution in [2.45, 2.75) is 45.2 Å². The highest BCUT2D eigenvalue weighted by Crippen LogP contribution is 2.19. The maximum Gasteiger partial charge on any atom is 0.243 e. The van der Waals surface area contributed by atoms with E-state index in [-0.39, 0.29) is 18.2 Å². The van der Waals surface area contributed by atoms with Gasteiger partial charge in [0.1, 0.15) is 6.04 Å². The van der Waals surface area contributed by atoms with Crippen molar-refractivity contribution < 1.29 is 9.59 Å². The van der Waals surface area contributed by atoms with Crippen molar-refractivity contribution in [3.05, 3.63) is 106 Å². The number of hydrogen-bond donors (Lipinski definition) is 1. The molecule has 3 rings (SSSR count). The Balaban J connectivity index is 1.92.